The van der Waals surface area contributed by atoms with E-state index in [2.05, 4.69) is 163 Å². The number of nitrogens with zero attached hydrogens (tertiary/aromatic N) is 1. The fourth-order valence-electron chi connectivity index (χ4n) is 6.07. The lowest BCUT2D eigenvalue weighted by Crippen LogP contribution is -2.11. The molecule has 0 saturated heterocycles. The molecule has 8 rings (SSSR count). The number of anilines is 3. The van der Waals surface area contributed by atoms with Gasteiger partial charge < -0.3 is 9.32 Å². The zero-order chi connectivity index (χ0) is 27.9. The molecule has 7 aromatic carbocycles. The van der Waals surface area contributed by atoms with E-state index < -0.39 is 0 Å². The lowest BCUT2D eigenvalue weighted by Gasteiger charge is -2.28. The van der Waals surface area contributed by atoms with Gasteiger partial charge in [0.2, 0.25) is 0 Å². The number of furan rings is 1. The van der Waals surface area contributed by atoms with Crippen molar-refractivity contribution in [2.75, 3.05) is 4.90 Å². The topological polar surface area (TPSA) is 16.4 Å². The zero-order valence-corrected chi connectivity index (χ0v) is 22.9. The standard InChI is InChI=1S/C40H27NO/c1-3-11-28(12-4-1)30-21-23-34(24-22-30)41(33-15-5-2-6-16-33)36-25-26-38-40(35-17-9-10-18-37(35)42-38)39(36)32-20-19-29-13-7-8-14-31(29)27-32/h1-27H. The monoisotopic (exact) mass is 537 g/mol. The van der Waals surface area contributed by atoms with Crippen molar-refractivity contribution in [3.05, 3.63) is 164 Å². The zero-order valence-electron chi connectivity index (χ0n) is 22.9. The summed E-state index contributed by atoms with van der Waals surface area (Å²) in [7, 11) is 0. The van der Waals surface area contributed by atoms with Gasteiger partial charge in [0.25, 0.3) is 0 Å². The van der Waals surface area contributed by atoms with Crippen LogP contribution in [0.1, 0.15) is 0 Å². The van der Waals surface area contributed by atoms with Crippen molar-refractivity contribution in [3.63, 3.8) is 0 Å². The summed E-state index contributed by atoms with van der Waals surface area (Å²) in [4.78, 5) is 2.36. The summed E-state index contributed by atoms with van der Waals surface area (Å²) in [5.74, 6) is 0. The van der Waals surface area contributed by atoms with Crippen molar-refractivity contribution in [2.45, 2.75) is 0 Å². The van der Waals surface area contributed by atoms with E-state index in [1.807, 2.05) is 6.07 Å². The van der Waals surface area contributed by atoms with Crippen LogP contribution in [0.4, 0.5) is 17.1 Å². The fraction of sp³-hybridized carbons (Fsp3) is 0. The van der Waals surface area contributed by atoms with Gasteiger partial charge in [-0.1, -0.05) is 115 Å². The Morgan fingerprint density at radius 3 is 1.83 bits per heavy atom. The Morgan fingerprint density at radius 2 is 1.02 bits per heavy atom. The Hall–Kier alpha value is -5.60. The number of hydrogen-bond acceptors (Lipinski definition) is 2. The number of rotatable bonds is 5. The average molecular weight is 538 g/mol. The largest absolute Gasteiger partial charge is 0.456 e. The third kappa shape index (κ3) is 4.13. The van der Waals surface area contributed by atoms with Crippen LogP contribution in [0.15, 0.2) is 168 Å². The highest BCUT2D eigenvalue weighted by atomic mass is 16.3. The summed E-state index contributed by atoms with van der Waals surface area (Å²) < 4.78 is 6.39. The highest BCUT2D eigenvalue weighted by Gasteiger charge is 2.22. The Morgan fingerprint density at radius 1 is 0.405 bits per heavy atom. The molecule has 0 amide bonds. The number of benzene rings is 7. The molecular formula is C40H27NO. The van der Waals surface area contributed by atoms with Crippen molar-refractivity contribution in [1.82, 2.24) is 0 Å². The van der Waals surface area contributed by atoms with Gasteiger partial charge >= 0.3 is 0 Å². The second kappa shape index (κ2) is 10.1. The predicted molar refractivity (Wildman–Crippen MR) is 177 cm³/mol. The lowest BCUT2D eigenvalue weighted by molar-refractivity contribution is 0.669. The van der Waals surface area contributed by atoms with E-state index in [-0.39, 0.29) is 0 Å². The molecule has 2 nitrogen and oxygen atoms in total. The SMILES string of the molecule is c1ccc(-c2ccc(N(c3ccccc3)c3ccc4oc5ccccc5c4c3-c3ccc4ccccc4c3)cc2)cc1. The van der Waals surface area contributed by atoms with Crippen LogP contribution in [0, 0.1) is 0 Å². The summed E-state index contributed by atoms with van der Waals surface area (Å²) in [5, 5.41) is 4.68. The molecule has 42 heavy (non-hydrogen) atoms. The van der Waals surface area contributed by atoms with E-state index in [0.29, 0.717) is 0 Å². The highest BCUT2D eigenvalue weighted by Crippen LogP contribution is 2.47. The highest BCUT2D eigenvalue weighted by molar-refractivity contribution is 6.16. The summed E-state index contributed by atoms with van der Waals surface area (Å²) in [6.07, 6.45) is 0. The molecule has 0 unspecified atom stereocenters. The molecule has 0 radical (unpaired) electrons. The number of hydrogen-bond donors (Lipinski definition) is 0. The molecular weight excluding hydrogens is 510 g/mol. The first-order chi connectivity index (χ1) is 20.8. The summed E-state index contributed by atoms with van der Waals surface area (Å²) in [6.45, 7) is 0. The van der Waals surface area contributed by atoms with Gasteiger partial charge in [-0.2, -0.15) is 0 Å². The van der Waals surface area contributed by atoms with Crippen molar-refractivity contribution in [1.29, 1.82) is 0 Å². The molecule has 8 aromatic rings. The first-order valence-corrected chi connectivity index (χ1v) is 14.3. The second-order valence-corrected chi connectivity index (χ2v) is 10.6. The van der Waals surface area contributed by atoms with E-state index in [9.17, 15) is 0 Å². The van der Waals surface area contributed by atoms with Gasteiger partial charge in [0.1, 0.15) is 11.2 Å². The van der Waals surface area contributed by atoms with E-state index in [1.54, 1.807) is 0 Å². The number of para-hydroxylation sites is 2. The van der Waals surface area contributed by atoms with Crippen molar-refractivity contribution >= 4 is 49.8 Å². The maximum atomic E-state index is 6.39. The Kier molecular flexibility index (Phi) is 5.82. The minimum absolute atomic E-state index is 0.885. The lowest BCUT2D eigenvalue weighted by atomic mass is 9.94. The molecule has 0 aliphatic rings. The molecule has 198 valence electrons. The van der Waals surface area contributed by atoms with Crippen LogP contribution >= 0.6 is 0 Å². The molecule has 2 heteroatoms. The van der Waals surface area contributed by atoms with Crippen LogP contribution in [0.5, 0.6) is 0 Å². The third-order valence-corrected chi connectivity index (χ3v) is 8.05. The minimum atomic E-state index is 0.885. The minimum Gasteiger partial charge on any atom is -0.456 e. The van der Waals surface area contributed by atoms with Crippen LogP contribution in [-0.2, 0) is 0 Å². The number of fused-ring (bicyclic) bond motifs is 4. The molecule has 0 aliphatic heterocycles. The van der Waals surface area contributed by atoms with E-state index in [0.717, 1.165) is 50.1 Å². The Balaban J connectivity index is 1.41. The second-order valence-electron chi connectivity index (χ2n) is 10.6. The van der Waals surface area contributed by atoms with Gasteiger partial charge in [0.05, 0.1) is 5.69 Å². The van der Waals surface area contributed by atoms with Gasteiger partial charge in [0, 0.05) is 27.7 Å². The molecule has 0 aliphatic carbocycles. The maximum Gasteiger partial charge on any atom is 0.136 e. The van der Waals surface area contributed by atoms with Gasteiger partial charge in [-0.3, -0.25) is 0 Å². The van der Waals surface area contributed by atoms with Crippen molar-refractivity contribution in [3.8, 4) is 22.3 Å². The summed E-state index contributed by atoms with van der Waals surface area (Å²) in [5.41, 5.74) is 9.77. The predicted octanol–water partition coefficient (Wildman–Crippen LogP) is 11.5. The van der Waals surface area contributed by atoms with E-state index >= 15 is 0 Å². The van der Waals surface area contributed by atoms with Gasteiger partial charge in [-0.25, -0.2) is 0 Å². The summed E-state index contributed by atoms with van der Waals surface area (Å²) >= 11 is 0. The summed E-state index contributed by atoms with van der Waals surface area (Å²) in [6, 6.07) is 58.0. The molecule has 0 fully saturated rings. The van der Waals surface area contributed by atoms with Crippen LogP contribution in [0.2, 0.25) is 0 Å². The molecule has 0 N–H and O–H groups in total. The quantitative estimate of drug-likeness (QED) is 0.217. The normalized spacial score (nSPS) is 11.3. The van der Waals surface area contributed by atoms with Gasteiger partial charge in [-0.15, -0.1) is 0 Å². The smallest absolute Gasteiger partial charge is 0.136 e. The van der Waals surface area contributed by atoms with Crippen LogP contribution in [0.3, 0.4) is 0 Å². The molecule has 1 heterocycles. The van der Waals surface area contributed by atoms with E-state index in [1.165, 1.54) is 21.9 Å². The third-order valence-electron chi connectivity index (χ3n) is 8.05. The Labute approximate surface area is 244 Å². The van der Waals surface area contributed by atoms with Crippen molar-refractivity contribution in [2.24, 2.45) is 0 Å². The Bertz CT molecular complexity index is 2180. The van der Waals surface area contributed by atoms with Gasteiger partial charge in [-0.05, 0) is 76.0 Å². The first kappa shape index (κ1) is 24.2. The van der Waals surface area contributed by atoms with Crippen LogP contribution in [-0.4, -0.2) is 0 Å². The maximum absolute atomic E-state index is 6.39. The van der Waals surface area contributed by atoms with Crippen LogP contribution in [0.25, 0.3) is 55.0 Å². The van der Waals surface area contributed by atoms with E-state index in [4.69, 9.17) is 4.42 Å². The van der Waals surface area contributed by atoms with Crippen LogP contribution < -0.4 is 4.90 Å². The molecule has 0 spiro atoms. The van der Waals surface area contributed by atoms with Crippen molar-refractivity contribution < 1.29 is 4.42 Å². The fourth-order valence-corrected chi connectivity index (χ4v) is 6.07. The molecule has 1 aromatic heterocycles. The molecule has 0 atom stereocenters. The van der Waals surface area contributed by atoms with Gasteiger partial charge in [0.15, 0.2) is 0 Å². The first-order valence-electron chi connectivity index (χ1n) is 14.3. The average Bonchev–Trinajstić information content (AvgIpc) is 3.45. The molecule has 0 saturated carbocycles. The molecule has 0 bridgehead atoms.